The normalized spacial score (nSPS) is 13.8. The number of anilines is 4. The van der Waals surface area contributed by atoms with Gasteiger partial charge in [0.15, 0.2) is 0 Å². The predicted octanol–water partition coefficient (Wildman–Crippen LogP) is 19.1. The molecule has 0 saturated heterocycles. The molecule has 5 heteroatoms. The Kier molecular flexibility index (Phi) is 12.6. The Morgan fingerprint density at radius 1 is 0.360 bits per heavy atom. The van der Waals surface area contributed by atoms with Gasteiger partial charge in [-0.25, -0.2) is 4.98 Å². The van der Waals surface area contributed by atoms with E-state index in [1.807, 2.05) is 6.20 Å². The summed E-state index contributed by atoms with van der Waals surface area (Å²) < 4.78 is 9.51. The standard InChI is InChI=1S/C70H78N4O/c1-65(2,3)48-33-34-71-64(42-48)74-61-40-49(69(13,14)46-23-19-17-20-24-46)27-30-58(61)59-31-29-56(44-62(59)74)75-57-39-53(68(10,11)12)38-55(43-57)72-45-73(54-36-51(66(4,5)6)35-52(37-54)67(7,8)9)63-41-50(28-32-60(63)72)70(15,16)47-25-21-18-22-26-47/h17-44H,45H2,1-16H3. The molecule has 0 aliphatic carbocycles. The van der Waals surface area contributed by atoms with Gasteiger partial charge >= 0.3 is 0 Å². The highest BCUT2D eigenvalue weighted by molar-refractivity contribution is 6.09. The van der Waals surface area contributed by atoms with Crippen molar-refractivity contribution in [2.24, 2.45) is 0 Å². The lowest BCUT2D eigenvalue weighted by Gasteiger charge is -2.30. The summed E-state index contributed by atoms with van der Waals surface area (Å²) in [7, 11) is 0. The lowest BCUT2D eigenvalue weighted by atomic mass is 9.78. The van der Waals surface area contributed by atoms with Crippen LogP contribution in [-0.4, -0.2) is 16.2 Å². The second kappa shape index (κ2) is 18.3. The smallest absolute Gasteiger partial charge is 0.137 e. The van der Waals surface area contributed by atoms with E-state index in [1.165, 1.54) is 67.0 Å². The summed E-state index contributed by atoms with van der Waals surface area (Å²) in [5.41, 5.74) is 16.3. The minimum atomic E-state index is -0.221. The van der Waals surface area contributed by atoms with Crippen molar-refractivity contribution in [3.05, 3.63) is 214 Å². The molecule has 0 unspecified atom stereocenters. The van der Waals surface area contributed by atoms with Gasteiger partial charge < -0.3 is 14.5 Å². The average Bonchev–Trinajstić information content (AvgIpc) is 3.91. The van der Waals surface area contributed by atoms with Crippen molar-refractivity contribution < 1.29 is 4.74 Å². The summed E-state index contributed by atoms with van der Waals surface area (Å²) in [6, 6.07) is 60.9. The zero-order chi connectivity index (χ0) is 53.6. The van der Waals surface area contributed by atoms with Crippen molar-refractivity contribution in [3.8, 4) is 17.3 Å². The first-order valence-electron chi connectivity index (χ1n) is 27.0. The Balaban J connectivity index is 1.12. The molecule has 0 bridgehead atoms. The molecule has 0 saturated carbocycles. The molecule has 0 fully saturated rings. The summed E-state index contributed by atoms with van der Waals surface area (Å²) >= 11 is 0. The van der Waals surface area contributed by atoms with Gasteiger partial charge in [0.1, 0.15) is 24.0 Å². The number of pyridine rings is 1. The molecule has 7 aromatic carbocycles. The third-order valence-corrected chi connectivity index (χ3v) is 16.1. The van der Waals surface area contributed by atoms with Crippen LogP contribution in [0.1, 0.15) is 155 Å². The van der Waals surface area contributed by atoms with Gasteiger partial charge in [-0.2, -0.15) is 0 Å². The van der Waals surface area contributed by atoms with E-state index in [2.05, 4.69) is 289 Å². The predicted molar refractivity (Wildman–Crippen MR) is 319 cm³/mol. The van der Waals surface area contributed by atoms with Gasteiger partial charge in [0.2, 0.25) is 0 Å². The molecule has 9 aromatic rings. The zero-order valence-corrected chi connectivity index (χ0v) is 47.6. The SMILES string of the molecule is CC(C)(C)c1cc(Oc2ccc3c4ccc(C(C)(C)c5ccccc5)cc4n(-c4cc(C(C)(C)C)ccn4)c3c2)cc(N2CN(c3cc(C(C)(C)C)cc(C(C)(C)C)c3)c3cc(C(C)(C)c4ccccc4)ccc32)c1. The number of fused-ring (bicyclic) bond motifs is 4. The van der Waals surface area contributed by atoms with E-state index in [4.69, 9.17) is 9.72 Å². The largest absolute Gasteiger partial charge is 0.457 e. The van der Waals surface area contributed by atoms with Gasteiger partial charge in [-0.1, -0.05) is 196 Å². The molecule has 0 spiro atoms. The quantitative estimate of drug-likeness (QED) is 0.144. The first-order valence-corrected chi connectivity index (χ1v) is 27.0. The highest BCUT2D eigenvalue weighted by Gasteiger charge is 2.34. The lowest BCUT2D eigenvalue weighted by molar-refractivity contribution is 0.479. The van der Waals surface area contributed by atoms with Crippen molar-refractivity contribution in [2.75, 3.05) is 16.5 Å². The van der Waals surface area contributed by atoms with Gasteiger partial charge in [0, 0.05) is 51.3 Å². The van der Waals surface area contributed by atoms with Crippen LogP contribution in [-0.2, 0) is 32.5 Å². The fourth-order valence-electron chi connectivity index (χ4n) is 10.8. The highest BCUT2D eigenvalue weighted by atomic mass is 16.5. The topological polar surface area (TPSA) is 33.5 Å². The number of ether oxygens (including phenoxy) is 1. The number of hydrogen-bond donors (Lipinski definition) is 0. The highest BCUT2D eigenvalue weighted by Crippen LogP contribution is 2.50. The first-order chi connectivity index (χ1) is 35.2. The first kappa shape index (κ1) is 51.4. The maximum atomic E-state index is 7.17. The third kappa shape index (κ3) is 9.76. The lowest BCUT2D eigenvalue weighted by Crippen LogP contribution is -2.26. The molecule has 3 heterocycles. The number of aromatic nitrogens is 2. The number of hydrogen-bond acceptors (Lipinski definition) is 4. The van der Waals surface area contributed by atoms with Crippen LogP contribution < -0.4 is 14.5 Å². The van der Waals surface area contributed by atoms with Crippen LogP contribution in [0.3, 0.4) is 0 Å². The summed E-state index contributed by atoms with van der Waals surface area (Å²) in [5, 5.41) is 2.33. The van der Waals surface area contributed by atoms with Crippen LogP contribution >= 0.6 is 0 Å². The van der Waals surface area contributed by atoms with Crippen LogP contribution in [0.25, 0.3) is 27.6 Å². The molecule has 5 nitrogen and oxygen atoms in total. The maximum absolute atomic E-state index is 7.17. The Hall–Kier alpha value is -7.11. The Morgan fingerprint density at radius 3 is 1.40 bits per heavy atom. The molecule has 1 aliphatic heterocycles. The third-order valence-electron chi connectivity index (χ3n) is 16.1. The van der Waals surface area contributed by atoms with Crippen molar-refractivity contribution in [2.45, 2.75) is 143 Å². The molecule has 0 radical (unpaired) electrons. The number of benzene rings is 7. The summed E-state index contributed by atoms with van der Waals surface area (Å²) in [5.74, 6) is 2.46. The second-order valence-electron chi connectivity index (χ2n) is 26.4. The Bertz CT molecular complexity index is 3560. The van der Waals surface area contributed by atoms with Crippen LogP contribution in [0.15, 0.2) is 170 Å². The van der Waals surface area contributed by atoms with E-state index in [1.54, 1.807) is 0 Å². The number of rotatable bonds is 9. The molecule has 0 atom stereocenters. The molecule has 0 N–H and O–H groups in total. The van der Waals surface area contributed by atoms with Gasteiger partial charge in [-0.3, -0.25) is 4.57 Å². The summed E-state index contributed by atoms with van der Waals surface area (Å²) in [6.07, 6.45) is 1.96. The zero-order valence-electron chi connectivity index (χ0n) is 47.6. The Morgan fingerprint density at radius 2 is 0.840 bits per heavy atom. The summed E-state index contributed by atoms with van der Waals surface area (Å²) in [6.45, 7) is 37.6. The monoisotopic (exact) mass is 991 g/mol. The minimum Gasteiger partial charge on any atom is -0.457 e. The minimum absolute atomic E-state index is 0.0325. The van der Waals surface area contributed by atoms with Crippen molar-refractivity contribution in [3.63, 3.8) is 0 Å². The van der Waals surface area contributed by atoms with Crippen LogP contribution in [0.5, 0.6) is 11.5 Å². The number of nitrogens with zero attached hydrogens (tertiary/aromatic N) is 4. The van der Waals surface area contributed by atoms with Crippen molar-refractivity contribution in [1.29, 1.82) is 0 Å². The van der Waals surface area contributed by atoms with Gasteiger partial charge in [0.25, 0.3) is 0 Å². The molecule has 10 rings (SSSR count). The maximum Gasteiger partial charge on any atom is 0.137 e. The molecule has 2 aromatic heterocycles. The van der Waals surface area contributed by atoms with E-state index in [9.17, 15) is 0 Å². The van der Waals surface area contributed by atoms with Gasteiger partial charge in [0.05, 0.1) is 22.4 Å². The van der Waals surface area contributed by atoms with E-state index >= 15 is 0 Å². The van der Waals surface area contributed by atoms with Crippen molar-refractivity contribution in [1.82, 2.24) is 9.55 Å². The average molecular weight is 991 g/mol. The molecular formula is C70H78N4O. The van der Waals surface area contributed by atoms with Crippen LogP contribution in [0, 0.1) is 0 Å². The molecule has 0 amide bonds. The second-order valence-corrected chi connectivity index (χ2v) is 26.4. The van der Waals surface area contributed by atoms with E-state index in [-0.39, 0.29) is 32.5 Å². The fourth-order valence-corrected chi connectivity index (χ4v) is 10.8. The molecule has 75 heavy (non-hydrogen) atoms. The van der Waals surface area contributed by atoms with Crippen LogP contribution in [0.4, 0.5) is 22.7 Å². The van der Waals surface area contributed by atoms with E-state index < -0.39 is 0 Å². The van der Waals surface area contributed by atoms with Crippen molar-refractivity contribution >= 4 is 44.6 Å². The molecular weight excluding hydrogens is 913 g/mol. The molecule has 384 valence electrons. The van der Waals surface area contributed by atoms with Gasteiger partial charge in [-0.05, 0) is 133 Å². The Labute approximate surface area is 448 Å². The summed E-state index contributed by atoms with van der Waals surface area (Å²) in [4.78, 5) is 10.1. The van der Waals surface area contributed by atoms with E-state index in [0.29, 0.717) is 6.67 Å². The fraction of sp³-hybridized carbons (Fsp3) is 0.329. The van der Waals surface area contributed by atoms with Gasteiger partial charge in [-0.15, -0.1) is 0 Å². The molecule has 1 aliphatic rings. The van der Waals surface area contributed by atoms with Crippen LogP contribution in [0.2, 0.25) is 0 Å². The van der Waals surface area contributed by atoms with E-state index in [0.717, 1.165) is 39.4 Å².